The molecule has 59 heavy (non-hydrogen) atoms. The molecule has 7 rings (SSSR count). The summed E-state index contributed by atoms with van der Waals surface area (Å²) in [5.74, 6) is -0.298. The molecule has 0 radical (unpaired) electrons. The zero-order chi connectivity index (χ0) is 42.2. The van der Waals surface area contributed by atoms with Crippen LogP contribution in [0.3, 0.4) is 0 Å². The van der Waals surface area contributed by atoms with Crippen LogP contribution in [0.2, 0.25) is 0 Å². The van der Waals surface area contributed by atoms with Crippen molar-refractivity contribution < 1.29 is 37.1 Å². The van der Waals surface area contributed by atoms with Gasteiger partial charge in [-0.25, -0.2) is 0 Å². The van der Waals surface area contributed by atoms with Crippen LogP contribution in [0.25, 0.3) is 0 Å². The molecule has 4 fully saturated rings. The molecule has 4 aliphatic rings. The van der Waals surface area contributed by atoms with Gasteiger partial charge in [0.25, 0.3) is 5.91 Å². The Labute approximate surface area is 345 Å². The van der Waals surface area contributed by atoms with Gasteiger partial charge < -0.3 is 20.3 Å². The number of carbonyl (C=O) groups excluding carboxylic acids is 4. The van der Waals surface area contributed by atoms with Gasteiger partial charge in [-0.2, -0.15) is 18.4 Å². The van der Waals surface area contributed by atoms with Gasteiger partial charge in [-0.1, -0.05) is 6.07 Å². The minimum absolute atomic E-state index is 0.0347. The molecular formula is C42H45F3N8O5S. The Bertz CT molecular complexity index is 2220. The maximum Gasteiger partial charge on any atom is 0.417 e. The van der Waals surface area contributed by atoms with E-state index in [1.165, 1.54) is 6.07 Å². The molecule has 3 saturated heterocycles. The summed E-state index contributed by atoms with van der Waals surface area (Å²) < 4.78 is 47.8. The molecule has 3 aromatic rings. The molecule has 4 amide bonds. The van der Waals surface area contributed by atoms with E-state index in [-0.39, 0.29) is 53.4 Å². The number of amides is 4. The number of benzene rings is 3. The van der Waals surface area contributed by atoms with Crippen molar-refractivity contribution in [2.24, 2.45) is 0 Å². The number of hydrogen-bond donors (Lipinski definition) is 3. The fraction of sp³-hybridized carbons (Fsp3) is 0.429. The number of imide groups is 1. The first-order chi connectivity index (χ1) is 28.0. The number of nitrogens with zero attached hydrogens (tertiary/aromatic N) is 5. The predicted octanol–water partition coefficient (Wildman–Crippen LogP) is 5.61. The predicted molar refractivity (Wildman–Crippen MR) is 219 cm³/mol. The summed E-state index contributed by atoms with van der Waals surface area (Å²) in [5.41, 5.74) is -0.0859. The number of ether oxygens (including phenoxy) is 1. The topological polar surface area (TPSA) is 150 Å². The molecule has 2 atom stereocenters. The molecule has 0 spiro atoms. The number of anilines is 4. The van der Waals surface area contributed by atoms with Gasteiger partial charge in [0.2, 0.25) is 17.7 Å². The van der Waals surface area contributed by atoms with Gasteiger partial charge in [0.1, 0.15) is 23.9 Å². The summed E-state index contributed by atoms with van der Waals surface area (Å²) in [4.78, 5) is 57.6. The summed E-state index contributed by atoms with van der Waals surface area (Å²) >= 11 is 5.76. The molecule has 3 aromatic carbocycles. The quantitative estimate of drug-likeness (QED) is 0.155. The number of rotatable bonds is 12. The van der Waals surface area contributed by atoms with E-state index in [2.05, 4.69) is 32.7 Å². The van der Waals surface area contributed by atoms with Crippen LogP contribution in [0.5, 0.6) is 5.75 Å². The lowest BCUT2D eigenvalue weighted by molar-refractivity contribution is -0.138. The Morgan fingerprint density at radius 1 is 1.02 bits per heavy atom. The fourth-order valence-corrected chi connectivity index (χ4v) is 8.40. The number of nitriles is 1. The van der Waals surface area contributed by atoms with Crippen molar-refractivity contribution in [3.05, 3.63) is 77.4 Å². The Balaban J connectivity index is 0.930. The van der Waals surface area contributed by atoms with Crippen LogP contribution in [0, 0.1) is 11.3 Å². The summed E-state index contributed by atoms with van der Waals surface area (Å²) in [6.45, 7) is 8.92. The van der Waals surface area contributed by atoms with Crippen LogP contribution in [0.15, 0.2) is 60.7 Å². The van der Waals surface area contributed by atoms with E-state index in [0.717, 1.165) is 54.3 Å². The van der Waals surface area contributed by atoms with Gasteiger partial charge in [0.05, 0.1) is 29.4 Å². The highest BCUT2D eigenvalue weighted by atomic mass is 32.1. The van der Waals surface area contributed by atoms with Crippen molar-refractivity contribution in [3.63, 3.8) is 0 Å². The Hall–Kier alpha value is -5.57. The number of alkyl halides is 3. The SMILES string of the molecule is C[C@@H]1CN(CCOc2ccc(N3C(=S)N(c4ccc(C#N)c(C(F)(F)F)c4)C(=O)C3(C)C)cc2C2CC2)CCN1CC(=O)Nc1cccc(NC2CCC(=O)NC2=O)c1. The van der Waals surface area contributed by atoms with Gasteiger partial charge in [-0.3, -0.25) is 39.2 Å². The normalized spacial score (nSPS) is 21.3. The fourth-order valence-electron chi connectivity index (χ4n) is 7.88. The lowest BCUT2D eigenvalue weighted by Gasteiger charge is -2.39. The summed E-state index contributed by atoms with van der Waals surface area (Å²) in [6, 6.07) is 17.1. The van der Waals surface area contributed by atoms with Crippen LogP contribution in [-0.2, 0) is 25.4 Å². The second kappa shape index (κ2) is 16.6. The average molecular weight is 831 g/mol. The average Bonchev–Trinajstić information content (AvgIpc) is 4.01. The van der Waals surface area contributed by atoms with Crippen molar-refractivity contribution in [2.45, 2.75) is 76.2 Å². The largest absolute Gasteiger partial charge is 0.492 e. The monoisotopic (exact) mass is 830 g/mol. The Morgan fingerprint density at radius 2 is 1.76 bits per heavy atom. The second-order valence-corrected chi connectivity index (χ2v) is 16.3. The molecule has 1 aliphatic carbocycles. The zero-order valence-corrected chi connectivity index (χ0v) is 33.7. The Kier molecular flexibility index (Phi) is 11.7. The molecular weight excluding hydrogens is 786 g/mol. The number of halogens is 3. The molecule has 17 heteroatoms. The van der Waals surface area contributed by atoms with Crippen molar-refractivity contribution in [1.82, 2.24) is 15.1 Å². The second-order valence-electron chi connectivity index (χ2n) is 15.9. The lowest BCUT2D eigenvalue weighted by atomic mass is 10.0. The van der Waals surface area contributed by atoms with Crippen LogP contribution < -0.4 is 30.5 Å². The van der Waals surface area contributed by atoms with E-state index in [4.69, 9.17) is 17.0 Å². The van der Waals surface area contributed by atoms with E-state index in [1.807, 2.05) is 18.2 Å². The minimum atomic E-state index is -4.79. The first kappa shape index (κ1) is 41.6. The maximum absolute atomic E-state index is 13.8. The number of piperazine rings is 1. The number of piperidine rings is 1. The zero-order valence-electron chi connectivity index (χ0n) is 32.9. The smallest absolute Gasteiger partial charge is 0.417 e. The van der Waals surface area contributed by atoms with E-state index in [0.29, 0.717) is 43.2 Å². The van der Waals surface area contributed by atoms with Crippen molar-refractivity contribution >= 4 is 63.7 Å². The standard InChI is InChI=1S/C42H45F3N8O5S/c1-25-23-50(15-16-51(25)24-37(55)48-29-6-4-5-28(19-29)47-34-12-14-36(54)49-38(34)56)17-18-58-35-13-11-31(20-32(35)26-7-8-26)53-40(59)52(39(57)41(53,2)3)30-10-9-27(22-46)33(21-30)42(43,44)45/h4-6,9-11,13,19-21,25-26,34,47H,7-8,12,14-18,23-24H2,1-3H3,(H,48,55)(H,49,54,56)/t25-,34?/m1/s1. The summed E-state index contributed by atoms with van der Waals surface area (Å²) in [5, 5.41) is 17.7. The molecule has 0 bridgehead atoms. The van der Waals surface area contributed by atoms with E-state index in [1.54, 1.807) is 49.1 Å². The molecule has 13 nitrogen and oxygen atoms in total. The summed E-state index contributed by atoms with van der Waals surface area (Å²) in [6.07, 6.45) is -2.18. The molecule has 1 unspecified atom stereocenters. The molecule has 3 aliphatic heterocycles. The highest BCUT2D eigenvalue weighted by Crippen LogP contribution is 2.47. The molecule has 310 valence electrons. The van der Waals surface area contributed by atoms with E-state index in [9.17, 15) is 37.6 Å². The third kappa shape index (κ3) is 9.04. The number of nitrogens with one attached hydrogen (secondary N) is 3. The van der Waals surface area contributed by atoms with Crippen molar-refractivity contribution in [1.29, 1.82) is 5.26 Å². The maximum atomic E-state index is 13.8. The number of carbonyl (C=O) groups is 4. The van der Waals surface area contributed by atoms with Gasteiger partial charge in [-0.05, 0) is 118 Å². The van der Waals surface area contributed by atoms with Crippen molar-refractivity contribution in [3.8, 4) is 11.8 Å². The van der Waals surface area contributed by atoms with Gasteiger partial charge in [-0.15, -0.1) is 0 Å². The van der Waals surface area contributed by atoms with Gasteiger partial charge >= 0.3 is 6.18 Å². The summed E-state index contributed by atoms with van der Waals surface area (Å²) in [7, 11) is 0. The van der Waals surface area contributed by atoms with Crippen LogP contribution in [0.1, 0.15) is 69.1 Å². The van der Waals surface area contributed by atoms with Gasteiger partial charge in [0.15, 0.2) is 5.11 Å². The Morgan fingerprint density at radius 3 is 2.46 bits per heavy atom. The molecule has 1 saturated carbocycles. The highest BCUT2D eigenvalue weighted by molar-refractivity contribution is 7.81. The molecule has 3 N–H and O–H groups in total. The first-order valence-electron chi connectivity index (χ1n) is 19.6. The number of hydrogen-bond acceptors (Lipinski definition) is 10. The highest BCUT2D eigenvalue weighted by Gasteiger charge is 2.51. The molecule has 3 heterocycles. The van der Waals surface area contributed by atoms with E-state index < -0.39 is 34.8 Å². The molecule has 0 aromatic heterocycles. The third-order valence-corrected chi connectivity index (χ3v) is 11.6. The third-order valence-electron chi connectivity index (χ3n) is 11.2. The minimum Gasteiger partial charge on any atom is -0.492 e. The first-order valence-corrected chi connectivity index (χ1v) is 20.0. The van der Waals surface area contributed by atoms with Gasteiger partial charge in [0, 0.05) is 55.7 Å². The van der Waals surface area contributed by atoms with Crippen LogP contribution in [0.4, 0.5) is 35.9 Å². The lowest BCUT2D eigenvalue weighted by Crippen LogP contribution is -2.54. The number of thiocarbonyl (C=S) groups is 1. The van der Waals surface area contributed by atoms with Crippen LogP contribution in [-0.4, -0.2) is 95.5 Å². The van der Waals surface area contributed by atoms with Crippen LogP contribution >= 0.6 is 12.2 Å². The van der Waals surface area contributed by atoms with Crippen molar-refractivity contribution in [2.75, 3.05) is 59.8 Å². The van der Waals surface area contributed by atoms with E-state index >= 15 is 0 Å².